The van der Waals surface area contributed by atoms with Crippen LogP contribution >= 0.6 is 0 Å². The number of benzene rings is 1. The molecular weight excluding hydrogens is 248 g/mol. The maximum absolute atomic E-state index is 12.2. The van der Waals surface area contributed by atoms with Crippen LogP contribution in [-0.2, 0) is 4.79 Å². The van der Waals surface area contributed by atoms with Gasteiger partial charge in [0.15, 0.2) is 17.3 Å². The molecule has 0 bridgehead atoms. The van der Waals surface area contributed by atoms with Crippen molar-refractivity contribution in [1.82, 2.24) is 0 Å². The van der Waals surface area contributed by atoms with Gasteiger partial charge in [-0.05, 0) is 31.0 Å². The van der Waals surface area contributed by atoms with Crippen molar-refractivity contribution < 1.29 is 24.2 Å². The SMILES string of the molecule is CCC(C(=O)O)C(=O)c1cc2c(cc1C)OCCO2. The van der Waals surface area contributed by atoms with Crippen molar-refractivity contribution >= 4 is 11.8 Å². The molecule has 0 spiro atoms. The van der Waals surface area contributed by atoms with Gasteiger partial charge in [-0.3, -0.25) is 9.59 Å². The van der Waals surface area contributed by atoms with Crippen molar-refractivity contribution in [2.24, 2.45) is 5.92 Å². The van der Waals surface area contributed by atoms with Gasteiger partial charge in [0.25, 0.3) is 0 Å². The molecule has 0 fully saturated rings. The third-order valence-electron chi connectivity index (χ3n) is 3.18. The molecule has 1 aromatic carbocycles. The summed E-state index contributed by atoms with van der Waals surface area (Å²) >= 11 is 0. The second-order valence-electron chi connectivity index (χ2n) is 4.47. The van der Waals surface area contributed by atoms with Crippen LogP contribution in [0.1, 0.15) is 29.3 Å². The summed E-state index contributed by atoms with van der Waals surface area (Å²) in [6.45, 7) is 4.36. The molecule has 1 unspecified atom stereocenters. The molecule has 1 aliphatic heterocycles. The summed E-state index contributed by atoms with van der Waals surface area (Å²) in [4.78, 5) is 23.3. The molecule has 102 valence electrons. The van der Waals surface area contributed by atoms with Crippen LogP contribution in [-0.4, -0.2) is 30.1 Å². The van der Waals surface area contributed by atoms with Gasteiger partial charge < -0.3 is 14.6 Å². The van der Waals surface area contributed by atoms with Gasteiger partial charge in [-0.25, -0.2) is 0 Å². The van der Waals surface area contributed by atoms with Crippen LogP contribution in [0.5, 0.6) is 11.5 Å². The van der Waals surface area contributed by atoms with Crippen LogP contribution in [0, 0.1) is 12.8 Å². The molecule has 0 radical (unpaired) electrons. The van der Waals surface area contributed by atoms with Crippen molar-refractivity contribution in [2.75, 3.05) is 13.2 Å². The van der Waals surface area contributed by atoms with Crippen LogP contribution in [0.4, 0.5) is 0 Å². The molecule has 0 saturated carbocycles. The predicted octanol–water partition coefficient (Wildman–Crippen LogP) is 2.06. The Hall–Kier alpha value is -2.04. The summed E-state index contributed by atoms with van der Waals surface area (Å²) in [5.74, 6) is -1.39. The van der Waals surface area contributed by atoms with Gasteiger partial charge in [0.05, 0.1) is 0 Å². The fourth-order valence-corrected chi connectivity index (χ4v) is 2.12. The zero-order valence-electron chi connectivity index (χ0n) is 10.9. The lowest BCUT2D eigenvalue weighted by atomic mass is 9.92. The van der Waals surface area contributed by atoms with Crippen LogP contribution < -0.4 is 9.47 Å². The molecule has 1 aliphatic rings. The van der Waals surface area contributed by atoms with E-state index in [9.17, 15) is 9.59 Å². The van der Waals surface area contributed by atoms with E-state index in [4.69, 9.17) is 14.6 Å². The Labute approximate surface area is 111 Å². The topological polar surface area (TPSA) is 72.8 Å². The smallest absolute Gasteiger partial charge is 0.314 e. The molecule has 5 heteroatoms. The highest BCUT2D eigenvalue weighted by Crippen LogP contribution is 2.34. The first-order valence-electron chi connectivity index (χ1n) is 6.21. The van der Waals surface area contributed by atoms with E-state index < -0.39 is 11.9 Å². The second kappa shape index (κ2) is 5.30. The Morgan fingerprint density at radius 3 is 2.37 bits per heavy atom. The third-order valence-corrected chi connectivity index (χ3v) is 3.18. The monoisotopic (exact) mass is 264 g/mol. The Kier molecular flexibility index (Phi) is 3.74. The molecule has 1 N–H and O–H groups in total. The lowest BCUT2D eigenvalue weighted by Crippen LogP contribution is -2.24. The third kappa shape index (κ3) is 2.54. The molecule has 0 aliphatic carbocycles. The van der Waals surface area contributed by atoms with Gasteiger partial charge in [0.1, 0.15) is 19.1 Å². The summed E-state index contributed by atoms with van der Waals surface area (Å²) in [5.41, 5.74) is 1.09. The Morgan fingerprint density at radius 1 is 1.26 bits per heavy atom. The molecule has 0 saturated heterocycles. The molecule has 2 rings (SSSR count). The molecule has 1 heterocycles. The first-order valence-corrected chi connectivity index (χ1v) is 6.21. The molecule has 19 heavy (non-hydrogen) atoms. The fraction of sp³-hybridized carbons (Fsp3) is 0.429. The zero-order chi connectivity index (χ0) is 14.0. The van der Waals surface area contributed by atoms with Gasteiger partial charge in [-0.2, -0.15) is 0 Å². The van der Waals surface area contributed by atoms with Gasteiger partial charge in [-0.15, -0.1) is 0 Å². The normalized spacial score (nSPS) is 14.8. The fourth-order valence-electron chi connectivity index (χ4n) is 2.12. The van der Waals surface area contributed by atoms with Crippen molar-refractivity contribution in [3.8, 4) is 11.5 Å². The van der Waals surface area contributed by atoms with Gasteiger partial charge in [0, 0.05) is 5.56 Å². The van der Waals surface area contributed by atoms with E-state index in [2.05, 4.69) is 0 Å². The summed E-state index contributed by atoms with van der Waals surface area (Å²) in [5, 5.41) is 9.06. The molecule has 5 nitrogen and oxygen atoms in total. The number of ketones is 1. The molecule has 0 amide bonds. The Bertz CT molecular complexity index is 521. The van der Waals surface area contributed by atoms with Crippen molar-refractivity contribution in [3.05, 3.63) is 23.3 Å². The highest BCUT2D eigenvalue weighted by atomic mass is 16.6. The highest BCUT2D eigenvalue weighted by Gasteiger charge is 2.28. The number of carbonyl (C=O) groups excluding carboxylic acids is 1. The molecule has 1 atom stereocenters. The van der Waals surface area contributed by atoms with Gasteiger partial charge >= 0.3 is 5.97 Å². The van der Waals surface area contributed by atoms with Crippen molar-refractivity contribution in [1.29, 1.82) is 0 Å². The van der Waals surface area contributed by atoms with E-state index in [0.717, 1.165) is 0 Å². The second-order valence-corrected chi connectivity index (χ2v) is 4.47. The first-order chi connectivity index (χ1) is 9.04. The number of hydrogen-bond acceptors (Lipinski definition) is 4. The van der Waals surface area contributed by atoms with E-state index in [0.29, 0.717) is 35.8 Å². The number of carboxylic acid groups (broad SMARTS) is 1. The summed E-state index contributed by atoms with van der Waals surface area (Å²) in [6.07, 6.45) is 0.266. The average molecular weight is 264 g/mol. The lowest BCUT2D eigenvalue weighted by molar-refractivity contribution is -0.140. The van der Waals surface area contributed by atoms with E-state index in [1.54, 1.807) is 26.0 Å². The number of rotatable bonds is 4. The predicted molar refractivity (Wildman–Crippen MR) is 67.9 cm³/mol. The molecular formula is C14H16O5. The average Bonchev–Trinajstić information content (AvgIpc) is 2.38. The van der Waals surface area contributed by atoms with E-state index in [1.165, 1.54) is 0 Å². The maximum Gasteiger partial charge on any atom is 0.314 e. The van der Waals surface area contributed by atoms with Gasteiger partial charge in [-0.1, -0.05) is 6.92 Å². The Morgan fingerprint density at radius 2 is 1.84 bits per heavy atom. The minimum atomic E-state index is -1.10. The lowest BCUT2D eigenvalue weighted by Gasteiger charge is -2.20. The number of Topliss-reactive ketones (excluding diaryl/α,β-unsaturated/α-hetero) is 1. The minimum absolute atomic E-state index is 0.266. The van der Waals surface area contributed by atoms with Crippen LogP contribution in [0.2, 0.25) is 0 Å². The molecule has 0 aromatic heterocycles. The summed E-state index contributed by atoms with van der Waals surface area (Å²) in [7, 11) is 0. The highest BCUT2D eigenvalue weighted by molar-refractivity contribution is 6.09. The quantitative estimate of drug-likeness (QED) is 0.665. The minimum Gasteiger partial charge on any atom is -0.486 e. The van der Waals surface area contributed by atoms with E-state index >= 15 is 0 Å². The number of aliphatic carboxylic acids is 1. The number of aryl methyl sites for hydroxylation is 1. The largest absolute Gasteiger partial charge is 0.486 e. The number of fused-ring (bicyclic) bond motifs is 1. The van der Waals surface area contributed by atoms with Crippen molar-refractivity contribution in [3.63, 3.8) is 0 Å². The standard InChI is InChI=1S/C14H16O5/c1-3-9(14(16)17)13(15)10-7-12-11(6-8(10)2)18-4-5-19-12/h6-7,9H,3-5H2,1-2H3,(H,16,17). The van der Waals surface area contributed by atoms with E-state index in [1.807, 2.05) is 0 Å². The van der Waals surface area contributed by atoms with Crippen molar-refractivity contribution in [2.45, 2.75) is 20.3 Å². The number of ether oxygens (including phenoxy) is 2. The Balaban J connectivity index is 2.39. The number of hydrogen-bond donors (Lipinski definition) is 1. The van der Waals surface area contributed by atoms with Crippen LogP contribution in [0.3, 0.4) is 0 Å². The van der Waals surface area contributed by atoms with Crippen LogP contribution in [0.15, 0.2) is 12.1 Å². The molecule has 1 aromatic rings. The summed E-state index contributed by atoms with van der Waals surface area (Å²) < 4.78 is 10.8. The van der Waals surface area contributed by atoms with E-state index in [-0.39, 0.29) is 12.2 Å². The zero-order valence-corrected chi connectivity index (χ0v) is 10.9. The van der Waals surface area contributed by atoms with Crippen LogP contribution in [0.25, 0.3) is 0 Å². The van der Waals surface area contributed by atoms with Gasteiger partial charge in [0.2, 0.25) is 0 Å². The number of carbonyl (C=O) groups is 2. The summed E-state index contributed by atoms with van der Waals surface area (Å²) in [6, 6.07) is 3.30. The number of carboxylic acids is 1. The maximum atomic E-state index is 12.2. The first kappa shape index (κ1) is 13.4.